The molecule has 70 valence electrons. The van der Waals surface area contributed by atoms with Gasteiger partial charge in [0, 0.05) is 17.3 Å². The third-order valence-electron chi connectivity index (χ3n) is 2.62. The number of hydrogen-bond donors (Lipinski definition) is 3. The fourth-order valence-corrected chi connectivity index (χ4v) is 1.96. The predicted molar refractivity (Wildman–Crippen MR) is 52.6 cm³/mol. The normalized spacial score (nSPS) is 21.2. The molecule has 0 saturated carbocycles. The van der Waals surface area contributed by atoms with Crippen LogP contribution in [-0.2, 0) is 6.42 Å². The van der Waals surface area contributed by atoms with Crippen LogP contribution >= 0.6 is 0 Å². The lowest BCUT2D eigenvalue weighted by Crippen LogP contribution is -2.28. The fourth-order valence-electron chi connectivity index (χ4n) is 1.96. The van der Waals surface area contributed by atoms with Gasteiger partial charge in [0.05, 0.1) is 0 Å². The fraction of sp³-hybridized carbons (Fsp3) is 0.400. The number of nitrogen functional groups attached to an aromatic ring is 1. The first kappa shape index (κ1) is 8.38. The van der Waals surface area contributed by atoms with Gasteiger partial charge in [-0.2, -0.15) is 0 Å². The second kappa shape index (κ2) is 2.92. The molecule has 0 saturated heterocycles. The van der Waals surface area contributed by atoms with E-state index in [-0.39, 0.29) is 6.04 Å². The molecule has 1 aliphatic heterocycles. The zero-order valence-corrected chi connectivity index (χ0v) is 7.67. The van der Waals surface area contributed by atoms with E-state index in [1.807, 2.05) is 0 Å². The Morgan fingerprint density at radius 2 is 2.31 bits per heavy atom. The number of nitrogens with two attached hydrogens (primary N) is 1. The zero-order valence-electron chi connectivity index (χ0n) is 7.67. The topological polar surface area (TPSA) is 58.3 Å². The maximum atomic E-state index is 9.62. The van der Waals surface area contributed by atoms with E-state index in [1.165, 1.54) is 0 Å². The summed E-state index contributed by atoms with van der Waals surface area (Å²) in [7, 11) is 0. The number of nitrogens with one attached hydrogen (secondary N) is 1. The van der Waals surface area contributed by atoms with Crippen molar-refractivity contribution in [3.8, 4) is 5.75 Å². The molecule has 3 heteroatoms. The molecule has 1 atom stereocenters. The summed E-state index contributed by atoms with van der Waals surface area (Å²) in [6, 6.07) is 3.68. The van der Waals surface area contributed by atoms with Gasteiger partial charge in [-0.25, -0.2) is 0 Å². The van der Waals surface area contributed by atoms with Gasteiger partial charge in [0.1, 0.15) is 5.75 Å². The van der Waals surface area contributed by atoms with Crippen LogP contribution in [0.1, 0.15) is 24.1 Å². The molecule has 0 aromatic heterocycles. The average Bonchev–Trinajstić information content (AvgIpc) is 2.12. The SMILES string of the molecule is CC1NCCc2c(O)ccc(N)c21. The molecule has 0 radical (unpaired) electrons. The van der Waals surface area contributed by atoms with Crippen LogP contribution in [0, 0.1) is 0 Å². The Hall–Kier alpha value is -1.22. The predicted octanol–water partition coefficient (Wildman–Crippen LogP) is 1.18. The number of benzene rings is 1. The molecular weight excluding hydrogens is 164 g/mol. The van der Waals surface area contributed by atoms with E-state index in [0.29, 0.717) is 5.75 Å². The van der Waals surface area contributed by atoms with Crippen molar-refractivity contribution in [3.63, 3.8) is 0 Å². The first-order chi connectivity index (χ1) is 6.20. The van der Waals surface area contributed by atoms with Gasteiger partial charge < -0.3 is 16.2 Å². The molecule has 4 N–H and O–H groups in total. The van der Waals surface area contributed by atoms with Gasteiger partial charge in [-0.1, -0.05) is 0 Å². The van der Waals surface area contributed by atoms with Crippen molar-refractivity contribution in [2.45, 2.75) is 19.4 Å². The average molecular weight is 178 g/mol. The van der Waals surface area contributed by atoms with Crippen LogP contribution in [0.25, 0.3) is 0 Å². The van der Waals surface area contributed by atoms with Gasteiger partial charge in [-0.05, 0) is 37.6 Å². The Labute approximate surface area is 77.6 Å². The van der Waals surface area contributed by atoms with Crippen molar-refractivity contribution in [3.05, 3.63) is 23.3 Å². The van der Waals surface area contributed by atoms with E-state index in [0.717, 1.165) is 29.8 Å². The highest BCUT2D eigenvalue weighted by Crippen LogP contribution is 2.33. The quantitative estimate of drug-likeness (QED) is 0.413. The summed E-state index contributed by atoms with van der Waals surface area (Å²) < 4.78 is 0. The third-order valence-corrected chi connectivity index (χ3v) is 2.62. The summed E-state index contributed by atoms with van der Waals surface area (Å²) in [5.74, 6) is 0.373. The molecule has 13 heavy (non-hydrogen) atoms. The van der Waals surface area contributed by atoms with Crippen LogP contribution in [0.3, 0.4) is 0 Å². The maximum absolute atomic E-state index is 9.62. The first-order valence-corrected chi connectivity index (χ1v) is 4.53. The minimum atomic E-state index is 0.246. The van der Waals surface area contributed by atoms with Crippen LogP contribution in [0.5, 0.6) is 5.75 Å². The molecule has 2 rings (SSSR count). The molecule has 0 amide bonds. The number of hydrogen-bond acceptors (Lipinski definition) is 3. The van der Waals surface area contributed by atoms with E-state index < -0.39 is 0 Å². The monoisotopic (exact) mass is 178 g/mol. The zero-order chi connectivity index (χ0) is 9.42. The van der Waals surface area contributed by atoms with Crippen LogP contribution in [0.15, 0.2) is 12.1 Å². The highest BCUT2D eigenvalue weighted by Gasteiger charge is 2.20. The summed E-state index contributed by atoms with van der Waals surface area (Å²) in [4.78, 5) is 0. The molecule has 1 aromatic carbocycles. The van der Waals surface area contributed by atoms with Crippen LogP contribution in [0.4, 0.5) is 5.69 Å². The maximum Gasteiger partial charge on any atom is 0.119 e. The molecule has 0 aliphatic carbocycles. The smallest absolute Gasteiger partial charge is 0.119 e. The van der Waals surface area contributed by atoms with Gasteiger partial charge in [0.2, 0.25) is 0 Å². The van der Waals surface area contributed by atoms with Crippen LogP contribution < -0.4 is 11.1 Å². The Morgan fingerprint density at radius 3 is 3.00 bits per heavy atom. The van der Waals surface area contributed by atoms with Crippen molar-refractivity contribution >= 4 is 5.69 Å². The molecule has 0 fully saturated rings. The lowest BCUT2D eigenvalue weighted by atomic mass is 9.93. The van der Waals surface area contributed by atoms with Crippen LogP contribution in [0.2, 0.25) is 0 Å². The van der Waals surface area contributed by atoms with E-state index >= 15 is 0 Å². The van der Waals surface area contributed by atoms with E-state index in [1.54, 1.807) is 12.1 Å². The number of fused-ring (bicyclic) bond motifs is 1. The number of aromatic hydroxyl groups is 1. The summed E-state index contributed by atoms with van der Waals surface area (Å²) in [5.41, 5.74) is 8.69. The van der Waals surface area contributed by atoms with Crippen molar-refractivity contribution in [2.75, 3.05) is 12.3 Å². The van der Waals surface area contributed by atoms with Crippen molar-refractivity contribution < 1.29 is 5.11 Å². The summed E-state index contributed by atoms with van der Waals surface area (Å²) in [5, 5.41) is 12.9. The molecule has 1 aromatic rings. The van der Waals surface area contributed by atoms with Crippen molar-refractivity contribution in [1.82, 2.24) is 5.32 Å². The van der Waals surface area contributed by atoms with Gasteiger partial charge in [-0.3, -0.25) is 0 Å². The summed E-state index contributed by atoms with van der Waals surface area (Å²) in [6.07, 6.45) is 0.858. The van der Waals surface area contributed by atoms with Crippen molar-refractivity contribution in [2.24, 2.45) is 0 Å². The lowest BCUT2D eigenvalue weighted by molar-refractivity contribution is 0.453. The van der Waals surface area contributed by atoms with Crippen LogP contribution in [-0.4, -0.2) is 11.7 Å². The van der Waals surface area contributed by atoms with E-state index in [2.05, 4.69) is 12.2 Å². The minimum Gasteiger partial charge on any atom is -0.508 e. The molecule has 0 bridgehead atoms. The summed E-state index contributed by atoms with van der Waals surface area (Å²) in [6.45, 7) is 2.97. The second-order valence-electron chi connectivity index (χ2n) is 3.49. The third kappa shape index (κ3) is 1.25. The highest BCUT2D eigenvalue weighted by molar-refractivity contribution is 5.58. The number of phenols is 1. The van der Waals surface area contributed by atoms with Gasteiger partial charge in [0.15, 0.2) is 0 Å². The van der Waals surface area contributed by atoms with Gasteiger partial charge in [0.25, 0.3) is 0 Å². The molecular formula is C10H14N2O. The molecule has 1 unspecified atom stereocenters. The largest absolute Gasteiger partial charge is 0.508 e. The van der Waals surface area contributed by atoms with E-state index in [4.69, 9.17) is 5.73 Å². The van der Waals surface area contributed by atoms with Crippen molar-refractivity contribution in [1.29, 1.82) is 0 Å². The Balaban J connectivity index is 2.60. The minimum absolute atomic E-state index is 0.246. The highest BCUT2D eigenvalue weighted by atomic mass is 16.3. The number of anilines is 1. The number of rotatable bonds is 0. The Bertz CT molecular complexity index is 336. The Morgan fingerprint density at radius 1 is 1.54 bits per heavy atom. The summed E-state index contributed by atoms with van der Waals surface area (Å²) >= 11 is 0. The molecule has 0 spiro atoms. The lowest BCUT2D eigenvalue weighted by Gasteiger charge is -2.25. The molecule has 3 nitrogen and oxygen atoms in total. The van der Waals surface area contributed by atoms with Gasteiger partial charge in [-0.15, -0.1) is 0 Å². The second-order valence-corrected chi connectivity index (χ2v) is 3.49. The molecule has 1 aliphatic rings. The first-order valence-electron chi connectivity index (χ1n) is 4.53. The standard InChI is InChI=1S/C10H14N2O/c1-6-10-7(4-5-12-6)9(13)3-2-8(10)11/h2-3,6,12-13H,4-5,11H2,1H3. The Kier molecular flexibility index (Phi) is 1.88. The van der Waals surface area contributed by atoms with Gasteiger partial charge >= 0.3 is 0 Å². The van der Waals surface area contributed by atoms with E-state index in [9.17, 15) is 5.11 Å². The molecule has 1 heterocycles. The number of phenolic OH excluding ortho intramolecular Hbond substituents is 1.